The summed E-state index contributed by atoms with van der Waals surface area (Å²) in [5.74, 6) is -0.293. The van der Waals surface area contributed by atoms with Crippen LogP contribution in [0.3, 0.4) is 0 Å². The van der Waals surface area contributed by atoms with Crippen LogP contribution in [-0.2, 0) is 21.2 Å². The Morgan fingerprint density at radius 2 is 2.00 bits per heavy atom. The van der Waals surface area contributed by atoms with Gasteiger partial charge in [0.25, 0.3) is 0 Å². The molecule has 1 heterocycles. The topological polar surface area (TPSA) is 75.7 Å². The van der Waals surface area contributed by atoms with Gasteiger partial charge in [-0.3, -0.25) is 4.79 Å². The van der Waals surface area contributed by atoms with Crippen LogP contribution >= 0.6 is 0 Å². The largest absolute Gasteiger partial charge is 0.497 e. The lowest BCUT2D eigenvalue weighted by atomic mass is 9.99. The third-order valence-corrected chi connectivity index (χ3v) is 6.93. The Labute approximate surface area is 170 Å². The Kier molecular flexibility index (Phi) is 6.87. The summed E-state index contributed by atoms with van der Waals surface area (Å²) in [7, 11) is -2.15. The smallest absolute Gasteiger partial charge is 0.243 e. The second-order valence-corrected chi connectivity index (χ2v) is 8.99. The Balaban J connectivity index is 1.58. The van der Waals surface area contributed by atoms with Gasteiger partial charge in [0.1, 0.15) is 11.6 Å². The Morgan fingerprint density at radius 3 is 2.69 bits per heavy atom. The molecule has 1 aliphatic heterocycles. The zero-order valence-electron chi connectivity index (χ0n) is 16.3. The number of amides is 1. The molecule has 6 nitrogen and oxygen atoms in total. The van der Waals surface area contributed by atoms with Gasteiger partial charge in [-0.1, -0.05) is 12.1 Å². The monoisotopic (exact) mass is 420 g/mol. The SMILES string of the molecule is COc1ccc(S(=O)(=O)N2CCC[C@H](C(=O)NCCc3cccc(F)c3)C2)cc1. The van der Waals surface area contributed by atoms with Crippen LogP contribution in [0.5, 0.6) is 5.75 Å². The molecule has 0 unspecified atom stereocenters. The number of carbonyl (C=O) groups is 1. The van der Waals surface area contributed by atoms with Gasteiger partial charge in [0, 0.05) is 19.6 Å². The number of methoxy groups -OCH3 is 1. The number of halogens is 1. The van der Waals surface area contributed by atoms with E-state index in [2.05, 4.69) is 5.32 Å². The van der Waals surface area contributed by atoms with E-state index < -0.39 is 15.9 Å². The summed E-state index contributed by atoms with van der Waals surface area (Å²) in [6.07, 6.45) is 1.78. The van der Waals surface area contributed by atoms with E-state index >= 15 is 0 Å². The predicted octanol–water partition coefficient (Wildman–Crippen LogP) is 2.59. The van der Waals surface area contributed by atoms with Crippen LogP contribution in [0.2, 0.25) is 0 Å². The molecule has 2 aromatic rings. The quantitative estimate of drug-likeness (QED) is 0.747. The Bertz CT molecular complexity index is 947. The molecule has 3 rings (SSSR count). The Hall–Kier alpha value is -2.45. The van der Waals surface area contributed by atoms with Gasteiger partial charge in [0.15, 0.2) is 0 Å². The zero-order valence-corrected chi connectivity index (χ0v) is 17.1. The second-order valence-electron chi connectivity index (χ2n) is 7.05. The highest BCUT2D eigenvalue weighted by atomic mass is 32.2. The molecule has 0 aromatic heterocycles. The second kappa shape index (κ2) is 9.37. The molecule has 0 saturated carbocycles. The summed E-state index contributed by atoms with van der Waals surface area (Å²) in [6, 6.07) is 12.5. The van der Waals surface area contributed by atoms with Gasteiger partial charge in [-0.25, -0.2) is 12.8 Å². The Morgan fingerprint density at radius 1 is 1.24 bits per heavy atom. The van der Waals surface area contributed by atoms with Crippen LogP contribution in [0.4, 0.5) is 4.39 Å². The minimum absolute atomic E-state index is 0.153. The summed E-state index contributed by atoms with van der Waals surface area (Å²) in [4.78, 5) is 12.7. The maximum atomic E-state index is 13.2. The fourth-order valence-electron chi connectivity index (χ4n) is 3.44. The molecular formula is C21H25FN2O4S. The third kappa shape index (κ3) is 5.33. The van der Waals surface area contributed by atoms with Crippen LogP contribution in [-0.4, -0.2) is 45.4 Å². The average Bonchev–Trinajstić information content (AvgIpc) is 2.74. The van der Waals surface area contributed by atoms with Gasteiger partial charge < -0.3 is 10.1 Å². The molecule has 1 N–H and O–H groups in total. The van der Waals surface area contributed by atoms with Crippen molar-refractivity contribution in [3.05, 3.63) is 59.9 Å². The molecule has 29 heavy (non-hydrogen) atoms. The van der Waals surface area contributed by atoms with Gasteiger partial charge in [0.05, 0.1) is 17.9 Å². The van der Waals surface area contributed by atoms with Gasteiger partial charge in [-0.05, 0) is 61.2 Å². The lowest BCUT2D eigenvalue weighted by molar-refractivity contribution is -0.126. The summed E-state index contributed by atoms with van der Waals surface area (Å²) in [6.45, 7) is 0.922. The van der Waals surface area contributed by atoms with E-state index in [0.717, 1.165) is 5.56 Å². The average molecular weight is 421 g/mol. The number of hydrogen-bond donors (Lipinski definition) is 1. The number of rotatable bonds is 7. The van der Waals surface area contributed by atoms with E-state index in [-0.39, 0.29) is 23.2 Å². The first kappa shape index (κ1) is 21.3. The van der Waals surface area contributed by atoms with Gasteiger partial charge in [-0.2, -0.15) is 4.31 Å². The first-order valence-corrected chi connectivity index (χ1v) is 11.0. The summed E-state index contributed by atoms with van der Waals surface area (Å²) in [5.41, 5.74) is 0.803. The molecule has 1 aliphatic rings. The maximum absolute atomic E-state index is 13.2. The van der Waals surface area contributed by atoms with Crippen LogP contribution in [0.25, 0.3) is 0 Å². The molecule has 8 heteroatoms. The number of piperidine rings is 1. The minimum Gasteiger partial charge on any atom is -0.497 e. The standard InChI is InChI=1S/C21H25FN2O4S/c1-28-19-7-9-20(10-8-19)29(26,27)24-13-3-5-17(15-24)21(25)23-12-11-16-4-2-6-18(22)14-16/h2,4,6-10,14,17H,3,5,11-13,15H2,1H3,(H,23,25)/t17-/m0/s1. The van der Waals surface area contributed by atoms with Gasteiger partial charge in [-0.15, -0.1) is 0 Å². The maximum Gasteiger partial charge on any atom is 0.243 e. The highest BCUT2D eigenvalue weighted by Crippen LogP contribution is 2.25. The molecule has 2 aromatic carbocycles. The van der Waals surface area contributed by atoms with Gasteiger partial charge >= 0.3 is 0 Å². The zero-order chi connectivity index (χ0) is 20.9. The molecule has 0 bridgehead atoms. The van der Waals surface area contributed by atoms with E-state index in [4.69, 9.17) is 4.74 Å². The van der Waals surface area contributed by atoms with E-state index in [1.807, 2.05) is 0 Å². The highest BCUT2D eigenvalue weighted by molar-refractivity contribution is 7.89. The molecule has 1 amide bonds. The molecular weight excluding hydrogens is 395 g/mol. The fraction of sp³-hybridized carbons (Fsp3) is 0.381. The van der Waals surface area contributed by atoms with Gasteiger partial charge in [0.2, 0.25) is 15.9 Å². The summed E-state index contributed by atoms with van der Waals surface area (Å²) in [5, 5.41) is 2.85. The number of nitrogens with one attached hydrogen (secondary N) is 1. The van der Waals surface area contributed by atoms with Crippen LogP contribution in [0.15, 0.2) is 53.4 Å². The van der Waals surface area contributed by atoms with Crippen LogP contribution in [0, 0.1) is 11.7 Å². The molecule has 0 aliphatic carbocycles. The number of ether oxygens (including phenoxy) is 1. The fourth-order valence-corrected chi connectivity index (χ4v) is 4.96. The minimum atomic E-state index is -3.67. The van der Waals surface area contributed by atoms with E-state index in [1.54, 1.807) is 24.3 Å². The highest BCUT2D eigenvalue weighted by Gasteiger charge is 2.33. The third-order valence-electron chi connectivity index (χ3n) is 5.05. The van der Waals surface area contributed by atoms with Crippen molar-refractivity contribution in [2.75, 3.05) is 26.7 Å². The lowest BCUT2D eigenvalue weighted by Crippen LogP contribution is -2.45. The van der Waals surface area contributed by atoms with Crippen molar-refractivity contribution < 1.29 is 22.3 Å². The lowest BCUT2D eigenvalue weighted by Gasteiger charge is -2.31. The van der Waals surface area contributed by atoms with Crippen molar-refractivity contribution in [1.82, 2.24) is 9.62 Å². The molecule has 1 fully saturated rings. The van der Waals surface area contributed by atoms with Crippen LogP contribution < -0.4 is 10.1 Å². The van der Waals surface area contributed by atoms with Crippen molar-refractivity contribution in [3.63, 3.8) is 0 Å². The van der Waals surface area contributed by atoms with E-state index in [1.165, 1.54) is 35.7 Å². The van der Waals surface area contributed by atoms with Crippen molar-refractivity contribution in [2.45, 2.75) is 24.2 Å². The molecule has 156 valence electrons. The van der Waals surface area contributed by atoms with Crippen molar-refractivity contribution in [3.8, 4) is 5.75 Å². The van der Waals surface area contributed by atoms with E-state index in [0.29, 0.717) is 38.1 Å². The van der Waals surface area contributed by atoms with Crippen molar-refractivity contribution in [2.24, 2.45) is 5.92 Å². The van der Waals surface area contributed by atoms with Crippen molar-refractivity contribution in [1.29, 1.82) is 0 Å². The molecule has 0 spiro atoms. The van der Waals surface area contributed by atoms with Crippen molar-refractivity contribution >= 4 is 15.9 Å². The molecule has 1 saturated heterocycles. The summed E-state index contributed by atoms with van der Waals surface area (Å²) >= 11 is 0. The summed E-state index contributed by atoms with van der Waals surface area (Å²) < 4.78 is 45.5. The first-order chi connectivity index (χ1) is 13.9. The number of hydrogen-bond acceptors (Lipinski definition) is 4. The number of sulfonamides is 1. The first-order valence-electron chi connectivity index (χ1n) is 9.56. The molecule has 0 radical (unpaired) electrons. The van der Waals surface area contributed by atoms with E-state index in [9.17, 15) is 17.6 Å². The number of carbonyl (C=O) groups excluding carboxylic acids is 1. The van der Waals surface area contributed by atoms with Crippen LogP contribution in [0.1, 0.15) is 18.4 Å². The molecule has 1 atom stereocenters. The predicted molar refractivity (Wildman–Crippen MR) is 108 cm³/mol. The number of nitrogens with zero attached hydrogens (tertiary/aromatic N) is 1. The number of benzene rings is 2. The normalized spacial score (nSPS) is 17.7.